The monoisotopic (exact) mass is 260 g/mol. The number of nitrogen functional groups attached to an aromatic ring is 1. The summed E-state index contributed by atoms with van der Waals surface area (Å²) in [6, 6.07) is 9.88. The molecule has 0 radical (unpaired) electrons. The highest BCUT2D eigenvalue weighted by atomic mass is 16.5. The minimum absolute atomic E-state index is 0.100. The van der Waals surface area contributed by atoms with Crippen LogP contribution >= 0.6 is 0 Å². The molecule has 0 aliphatic rings. The van der Waals surface area contributed by atoms with Crippen molar-refractivity contribution in [2.45, 2.75) is 13.2 Å². The smallest absolute Gasteiger partial charge is 0.271 e. The second-order valence-electron chi connectivity index (χ2n) is 4.10. The van der Waals surface area contributed by atoms with Crippen LogP contribution in [0.4, 0.5) is 5.69 Å². The lowest BCUT2D eigenvalue weighted by Crippen LogP contribution is -2.14. The average molecular weight is 260 g/mol. The molecule has 19 heavy (non-hydrogen) atoms. The van der Waals surface area contributed by atoms with Gasteiger partial charge in [0.2, 0.25) is 0 Å². The van der Waals surface area contributed by atoms with Crippen LogP contribution in [0, 0.1) is 0 Å². The van der Waals surface area contributed by atoms with Crippen LogP contribution in [0.5, 0.6) is 0 Å². The molecule has 100 valence electrons. The van der Waals surface area contributed by atoms with E-state index in [-0.39, 0.29) is 11.4 Å². The standard InChI is InChI=1S/C13H16N4O2/c14-11-8-17(16-12(11)13(15)18)6-7-19-9-10-4-2-1-3-5-10/h1-5,8H,6-7,9,14H2,(H2,15,18). The summed E-state index contributed by atoms with van der Waals surface area (Å²) in [5, 5.41) is 3.99. The van der Waals surface area contributed by atoms with E-state index >= 15 is 0 Å². The first kappa shape index (κ1) is 13.1. The molecule has 1 heterocycles. The van der Waals surface area contributed by atoms with E-state index in [1.54, 1.807) is 10.9 Å². The summed E-state index contributed by atoms with van der Waals surface area (Å²) in [7, 11) is 0. The van der Waals surface area contributed by atoms with Gasteiger partial charge in [-0.2, -0.15) is 5.10 Å². The van der Waals surface area contributed by atoms with Gasteiger partial charge in [-0.25, -0.2) is 0 Å². The van der Waals surface area contributed by atoms with Gasteiger partial charge in [0.1, 0.15) is 0 Å². The number of primary amides is 1. The van der Waals surface area contributed by atoms with Crippen molar-refractivity contribution in [2.75, 3.05) is 12.3 Å². The van der Waals surface area contributed by atoms with E-state index < -0.39 is 5.91 Å². The topological polar surface area (TPSA) is 96.2 Å². The van der Waals surface area contributed by atoms with Gasteiger partial charge in [0.15, 0.2) is 5.69 Å². The Balaban J connectivity index is 1.80. The molecular weight excluding hydrogens is 244 g/mol. The molecule has 2 aromatic rings. The molecule has 6 heteroatoms. The fourth-order valence-corrected chi connectivity index (χ4v) is 1.67. The number of hydrogen-bond acceptors (Lipinski definition) is 4. The highest BCUT2D eigenvalue weighted by Crippen LogP contribution is 2.08. The van der Waals surface area contributed by atoms with Gasteiger partial charge in [0.05, 0.1) is 25.4 Å². The lowest BCUT2D eigenvalue weighted by molar-refractivity contribution is 0.0990. The number of hydrogen-bond donors (Lipinski definition) is 2. The minimum atomic E-state index is -0.624. The third kappa shape index (κ3) is 3.56. The Labute approximate surface area is 111 Å². The van der Waals surface area contributed by atoms with Crippen LogP contribution in [0.25, 0.3) is 0 Å². The maximum Gasteiger partial charge on any atom is 0.271 e. The van der Waals surface area contributed by atoms with Gasteiger partial charge < -0.3 is 16.2 Å². The van der Waals surface area contributed by atoms with E-state index in [0.29, 0.717) is 19.8 Å². The number of aromatic nitrogens is 2. The zero-order valence-electron chi connectivity index (χ0n) is 10.5. The van der Waals surface area contributed by atoms with Gasteiger partial charge in [0.25, 0.3) is 5.91 Å². The molecule has 1 aromatic carbocycles. The molecule has 6 nitrogen and oxygen atoms in total. The van der Waals surface area contributed by atoms with Crippen molar-refractivity contribution in [1.29, 1.82) is 0 Å². The third-order valence-electron chi connectivity index (χ3n) is 2.60. The zero-order valence-corrected chi connectivity index (χ0v) is 10.5. The van der Waals surface area contributed by atoms with Crippen LogP contribution < -0.4 is 11.5 Å². The zero-order chi connectivity index (χ0) is 13.7. The summed E-state index contributed by atoms with van der Waals surface area (Å²) in [4.78, 5) is 11.0. The molecule has 0 spiro atoms. The molecule has 1 aromatic heterocycles. The highest BCUT2D eigenvalue weighted by Gasteiger charge is 2.10. The summed E-state index contributed by atoms with van der Waals surface area (Å²) in [6.07, 6.45) is 1.58. The molecule has 2 rings (SSSR count). The van der Waals surface area contributed by atoms with Crippen molar-refractivity contribution in [1.82, 2.24) is 9.78 Å². The predicted molar refractivity (Wildman–Crippen MR) is 71.3 cm³/mol. The van der Waals surface area contributed by atoms with Gasteiger partial charge >= 0.3 is 0 Å². The maximum absolute atomic E-state index is 11.0. The predicted octanol–water partition coefficient (Wildman–Crippen LogP) is 0.781. The normalized spacial score (nSPS) is 10.5. The molecular formula is C13H16N4O2. The summed E-state index contributed by atoms with van der Waals surface area (Å²) in [5.41, 5.74) is 12.2. The van der Waals surface area contributed by atoms with E-state index in [9.17, 15) is 4.79 Å². The largest absolute Gasteiger partial charge is 0.396 e. The molecule has 0 aliphatic heterocycles. The Morgan fingerprint density at radius 3 is 2.68 bits per heavy atom. The second kappa shape index (κ2) is 6.01. The molecule has 0 fully saturated rings. The van der Waals surface area contributed by atoms with Crippen LogP contribution in [-0.2, 0) is 17.9 Å². The van der Waals surface area contributed by atoms with E-state index in [2.05, 4.69) is 5.10 Å². The molecule has 0 atom stereocenters. The third-order valence-corrected chi connectivity index (χ3v) is 2.60. The van der Waals surface area contributed by atoms with Crippen LogP contribution in [0.15, 0.2) is 36.5 Å². The summed E-state index contributed by atoms with van der Waals surface area (Å²) in [6.45, 7) is 1.54. The van der Waals surface area contributed by atoms with Gasteiger partial charge in [-0.15, -0.1) is 0 Å². The summed E-state index contributed by atoms with van der Waals surface area (Å²) < 4.78 is 7.07. The number of rotatable bonds is 6. The van der Waals surface area contributed by atoms with Crippen LogP contribution in [-0.4, -0.2) is 22.3 Å². The van der Waals surface area contributed by atoms with Crippen molar-refractivity contribution >= 4 is 11.6 Å². The van der Waals surface area contributed by atoms with Crippen molar-refractivity contribution in [2.24, 2.45) is 5.73 Å². The number of ether oxygens (including phenoxy) is 1. The first-order valence-corrected chi connectivity index (χ1v) is 5.91. The van der Waals surface area contributed by atoms with Crippen molar-refractivity contribution < 1.29 is 9.53 Å². The molecule has 1 amide bonds. The minimum Gasteiger partial charge on any atom is -0.396 e. The van der Waals surface area contributed by atoms with E-state index in [4.69, 9.17) is 16.2 Å². The number of nitrogens with two attached hydrogens (primary N) is 2. The number of anilines is 1. The molecule has 0 bridgehead atoms. The molecule has 0 unspecified atom stereocenters. The fourth-order valence-electron chi connectivity index (χ4n) is 1.67. The SMILES string of the molecule is NC(=O)c1nn(CCOCc2ccccc2)cc1N. The van der Waals surface area contributed by atoms with Crippen molar-refractivity contribution in [3.8, 4) is 0 Å². The van der Waals surface area contributed by atoms with Gasteiger partial charge in [0, 0.05) is 6.20 Å². The summed E-state index contributed by atoms with van der Waals surface area (Å²) >= 11 is 0. The number of carbonyl (C=O) groups is 1. The Morgan fingerprint density at radius 2 is 2.05 bits per heavy atom. The molecule has 0 saturated heterocycles. The van der Waals surface area contributed by atoms with Gasteiger partial charge in [-0.05, 0) is 5.56 Å². The van der Waals surface area contributed by atoms with Crippen molar-refractivity contribution in [3.05, 3.63) is 47.8 Å². The summed E-state index contributed by atoms with van der Waals surface area (Å²) in [5.74, 6) is -0.624. The van der Waals surface area contributed by atoms with Crippen LogP contribution in [0.3, 0.4) is 0 Å². The lowest BCUT2D eigenvalue weighted by Gasteiger charge is -2.04. The number of carbonyl (C=O) groups excluding carboxylic acids is 1. The van der Waals surface area contributed by atoms with E-state index in [1.807, 2.05) is 30.3 Å². The first-order chi connectivity index (χ1) is 9.16. The first-order valence-electron chi connectivity index (χ1n) is 5.91. The Bertz CT molecular complexity index is 551. The van der Waals surface area contributed by atoms with Gasteiger partial charge in [-0.3, -0.25) is 9.48 Å². The van der Waals surface area contributed by atoms with Crippen LogP contribution in [0.1, 0.15) is 16.1 Å². The molecule has 4 N–H and O–H groups in total. The quantitative estimate of drug-likeness (QED) is 0.750. The fraction of sp³-hybridized carbons (Fsp3) is 0.231. The Morgan fingerprint density at radius 1 is 1.32 bits per heavy atom. The lowest BCUT2D eigenvalue weighted by atomic mass is 10.2. The van der Waals surface area contributed by atoms with Crippen LogP contribution in [0.2, 0.25) is 0 Å². The van der Waals surface area contributed by atoms with Gasteiger partial charge in [-0.1, -0.05) is 30.3 Å². The van der Waals surface area contributed by atoms with Crippen molar-refractivity contribution in [3.63, 3.8) is 0 Å². The molecule has 0 saturated carbocycles. The number of nitrogens with zero attached hydrogens (tertiary/aromatic N) is 2. The highest BCUT2D eigenvalue weighted by molar-refractivity contribution is 5.95. The Kier molecular flexibility index (Phi) is 4.15. The van der Waals surface area contributed by atoms with E-state index in [1.165, 1.54) is 0 Å². The number of amides is 1. The maximum atomic E-state index is 11.0. The average Bonchev–Trinajstić information content (AvgIpc) is 2.77. The Hall–Kier alpha value is -2.34. The van der Waals surface area contributed by atoms with E-state index in [0.717, 1.165) is 5.56 Å². The second-order valence-corrected chi connectivity index (χ2v) is 4.10. The molecule has 0 aliphatic carbocycles. The number of benzene rings is 1.